The first-order valence-electron chi connectivity index (χ1n) is 4.95. The van der Waals surface area contributed by atoms with Crippen LogP contribution in [0.25, 0.3) is 0 Å². The maximum Gasteiger partial charge on any atom is 0.0317 e. The fraction of sp³-hybridized carbons (Fsp3) is 0.583. The molecule has 1 heteroatoms. The summed E-state index contributed by atoms with van der Waals surface area (Å²) in [5.74, 6) is 1.19. The summed E-state index contributed by atoms with van der Waals surface area (Å²) in [6.45, 7) is 8.53. The van der Waals surface area contributed by atoms with E-state index in [4.69, 9.17) is 5.41 Å². The number of nitrogens with one attached hydrogen (secondary N) is 1. The number of rotatable bonds is 2. The van der Waals surface area contributed by atoms with Crippen molar-refractivity contribution in [3.8, 4) is 0 Å². The predicted molar refractivity (Wildman–Crippen MR) is 58.2 cm³/mol. The summed E-state index contributed by atoms with van der Waals surface area (Å²) < 4.78 is 0. The highest BCUT2D eigenvalue weighted by atomic mass is 14.4. The summed E-state index contributed by atoms with van der Waals surface area (Å²) in [6.07, 6.45) is 5.39. The zero-order chi connectivity index (χ0) is 10.0. The summed E-state index contributed by atoms with van der Waals surface area (Å²) in [4.78, 5) is 0. The topological polar surface area (TPSA) is 23.9 Å². The second kappa shape index (κ2) is 3.91. The average Bonchev–Trinajstić information content (AvgIpc) is 2.03. The van der Waals surface area contributed by atoms with Gasteiger partial charge in [-0.05, 0) is 37.7 Å². The van der Waals surface area contributed by atoms with Gasteiger partial charge < -0.3 is 5.41 Å². The summed E-state index contributed by atoms with van der Waals surface area (Å²) >= 11 is 0. The zero-order valence-corrected chi connectivity index (χ0v) is 9.02. The third-order valence-corrected chi connectivity index (χ3v) is 2.73. The van der Waals surface area contributed by atoms with Gasteiger partial charge in [0, 0.05) is 5.71 Å². The van der Waals surface area contributed by atoms with Gasteiger partial charge >= 0.3 is 0 Å². The normalized spacial score (nSPS) is 22.7. The van der Waals surface area contributed by atoms with Crippen molar-refractivity contribution in [2.24, 2.45) is 11.8 Å². The molecule has 1 unspecified atom stereocenters. The van der Waals surface area contributed by atoms with Crippen LogP contribution in [0.5, 0.6) is 0 Å². The molecule has 72 valence electrons. The molecule has 1 atom stereocenters. The van der Waals surface area contributed by atoms with Crippen LogP contribution in [0.4, 0.5) is 0 Å². The molecule has 13 heavy (non-hydrogen) atoms. The molecule has 1 N–H and O–H groups in total. The van der Waals surface area contributed by atoms with Crippen LogP contribution in [0, 0.1) is 17.2 Å². The molecular formula is C12H19N. The van der Waals surface area contributed by atoms with Gasteiger partial charge in [-0.25, -0.2) is 0 Å². The first-order valence-corrected chi connectivity index (χ1v) is 4.95. The maximum atomic E-state index is 7.68. The van der Waals surface area contributed by atoms with E-state index in [1.807, 2.05) is 6.92 Å². The molecule has 1 nitrogen and oxygen atoms in total. The highest BCUT2D eigenvalue weighted by Crippen LogP contribution is 2.31. The molecule has 0 aromatic heterocycles. The number of allylic oxidation sites excluding steroid dienone is 4. The summed E-state index contributed by atoms with van der Waals surface area (Å²) in [5, 5.41) is 7.68. The molecule has 0 aliphatic heterocycles. The lowest BCUT2D eigenvalue weighted by Gasteiger charge is -2.26. The van der Waals surface area contributed by atoms with Gasteiger partial charge in [-0.3, -0.25) is 0 Å². The average molecular weight is 177 g/mol. The Morgan fingerprint density at radius 2 is 2.08 bits per heavy atom. The Bertz CT molecular complexity index is 269. The Hall–Kier alpha value is -0.850. The first-order chi connectivity index (χ1) is 6.02. The van der Waals surface area contributed by atoms with E-state index in [1.54, 1.807) is 0 Å². The van der Waals surface area contributed by atoms with Gasteiger partial charge in [-0.15, -0.1) is 0 Å². The minimum atomic E-state index is 0.558. The lowest BCUT2D eigenvalue weighted by atomic mass is 9.78. The Balaban J connectivity index is 2.93. The Labute approximate surface area is 81.1 Å². The first kappa shape index (κ1) is 10.2. The van der Waals surface area contributed by atoms with Crippen LogP contribution in [0.15, 0.2) is 23.3 Å². The largest absolute Gasteiger partial charge is 0.305 e. The third-order valence-electron chi connectivity index (χ3n) is 2.73. The summed E-state index contributed by atoms with van der Waals surface area (Å²) in [7, 11) is 0. The van der Waals surface area contributed by atoms with Gasteiger partial charge in [-0.2, -0.15) is 0 Å². The quantitative estimate of drug-likeness (QED) is 0.623. The van der Waals surface area contributed by atoms with Gasteiger partial charge in [0.05, 0.1) is 0 Å². The van der Waals surface area contributed by atoms with Crippen molar-refractivity contribution in [2.45, 2.75) is 34.1 Å². The van der Waals surface area contributed by atoms with Gasteiger partial charge in [-0.1, -0.05) is 31.6 Å². The fourth-order valence-electron chi connectivity index (χ4n) is 1.88. The van der Waals surface area contributed by atoms with Gasteiger partial charge in [0.1, 0.15) is 0 Å². The Morgan fingerprint density at radius 3 is 2.54 bits per heavy atom. The lowest BCUT2D eigenvalue weighted by molar-refractivity contribution is 0.446. The van der Waals surface area contributed by atoms with E-state index in [-0.39, 0.29) is 0 Å². The number of hydrogen-bond donors (Lipinski definition) is 1. The molecule has 0 radical (unpaired) electrons. The molecule has 0 fully saturated rings. The zero-order valence-electron chi connectivity index (χ0n) is 9.02. The van der Waals surface area contributed by atoms with E-state index in [1.165, 1.54) is 11.1 Å². The van der Waals surface area contributed by atoms with E-state index in [9.17, 15) is 0 Å². The Morgan fingerprint density at radius 1 is 1.46 bits per heavy atom. The Kier molecular flexibility index (Phi) is 3.07. The van der Waals surface area contributed by atoms with Crippen molar-refractivity contribution >= 4 is 5.71 Å². The molecule has 1 rings (SSSR count). The van der Waals surface area contributed by atoms with Crippen molar-refractivity contribution in [1.29, 1.82) is 5.41 Å². The minimum absolute atomic E-state index is 0.558. The standard InChI is InChI=1S/C12H19N/c1-8(2)12-7-9(3)5-6-11(12)10(4)13/h5-6,8,12-13H,7H2,1-4H3. The van der Waals surface area contributed by atoms with E-state index >= 15 is 0 Å². The summed E-state index contributed by atoms with van der Waals surface area (Å²) in [5.41, 5.74) is 3.38. The van der Waals surface area contributed by atoms with E-state index < -0.39 is 0 Å². The van der Waals surface area contributed by atoms with Crippen molar-refractivity contribution in [3.63, 3.8) is 0 Å². The fourth-order valence-corrected chi connectivity index (χ4v) is 1.88. The molecular weight excluding hydrogens is 158 g/mol. The van der Waals surface area contributed by atoms with Crippen LogP contribution in [-0.4, -0.2) is 5.71 Å². The predicted octanol–water partition coefficient (Wildman–Crippen LogP) is 3.57. The molecule has 0 bridgehead atoms. The molecule has 0 aromatic rings. The SMILES string of the molecule is CC(=N)C1=CC=C(C)CC1C(C)C. The second-order valence-corrected chi connectivity index (χ2v) is 4.31. The molecule has 0 aromatic carbocycles. The molecule has 0 saturated carbocycles. The monoisotopic (exact) mass is 177 g/mol. The third kappa shape index (κ3) is 2.30. The van der Waals surface area contributed by atoms with Crippen LogP contribution < -0.4 is 0 Å². The van der Waals surface area contributed by atoms with Crippen molar-refractivity contribution in [2.75, 3.05) is 0 Å². The van der Waals surface area contributed by atoms with Gasteiger partial charge in [0.25, 0.3) is 0 Å². The minimum Gasteiger partial charge on any atom is -0.305 e. The molecule has 1 aliphatic rings. The molecule has 0 heterocycles. The smallest absolute Gasteiger partial charge is 0.0317 e. The maximum absolute atomic E-state index is 7.68. The molecule has 0 spiro atoms. The van der Waals surface area contributed by atoms with Gasteiger partial charge in [0.15, 0.2) is 0 Å². The van der Waals surface area contributed by atoms with Crippen LogP contribution in [0.3, 0.4) is 0 Å². The van der Waals surface area contributed by atoms with Gasteiger partial charge in [0.2, 0.25) is 0 Å². The highest BCUT2D eigenvalue weighted by molar-refractivity contribution is 5.96. The summed E-state index contributed by atoms with van der Waals surface area (Å²) in [6, 6.07) is 0. The van der Waals surface area contributed by atoms with Crippen LogP contribution in [-0.2, 0) is 0 Å². The van der Waals surface area contributed by atoms with Crippen LogP contribution >= 0.6 is 0 Å². The van der Waals surface area contributed by atoms with Crippen molar-refractivity contribution < 1.29 is 0 Å². The van der Waals surface area contributed by atoms with Crippen molar-refractivity contribution in [1.82, 2.24) is 0 Å². The molecule has 0 saturated heterocycles. The van der Waals surface area contributed by atoms with Crippen molar-refractivity contribution in [3.05, 3.63) is 23.3 Å². The lowest BCUT2D eigenvalue weighted by Crippen LogP contribution is -2.18. The van der Waals surface area contributed by atoms with E-state index in [0.717, 1.165) is 12.1 Å². The van der Waals surface area contributed by atoms with E-state index in [0.29, 0.717) is 11.8 Å². The van der Waals surface area contributed by atoms with Crippen LogP contribution in [0.1, 0.15) is 34.1 Å². The highest BCUT2D eigenvalue weighted by Gasteiger charge is 2.21. The van der Waals surface area contributed by atoms with E-state index in [2.05, 4.69) is 32.9 Å². The molecule has 0 amide bonds. The second-order valence-electron chi connectivity index (χ2n) is 4.31. The number of hydrogen-bond acceptors (Lipinski definition) is 1. The van der Waals surface area contributed by atoms with Crippen LogP contribution in [0.2, 0.25) is 0 Å². The molecule has 1 aliphatic carbocycles.